The molecule has 0 spiro atoms. The fourth-order valence-electron chi connectivity index (χ4n) is 4.18. The van der Waals surface area contributed by atoms with Crippen molar-refractivity contribution in [1.29, 1.82) is 0 Å². The molecule has 0 bridgehead atoms. The predicted molar refractivity (Wildman–Crippen MR) is 99.4 cm³/mol. The van der Waals surface area contributed by atoms with Gasteiger partial charge >= 0.3 is 0 Å². The molecule has 1 saturated heterocycles. The summed E-state index contributed by atoms with van der Waals surface area (Å²) >= 11 is 0. The highest BCUT2D eigenvalue weighted by Gasteiger charge is 2.30. The number of piperidine rings is 1. The standard InChI is InChI=1S/C19H30N2O3S/c1-24-18-12-6-7-13-19(18)25(22,23)20-16-9-8-14-21(15-16)17-10-4-2-3-5-11-17/h6-7,12-13,16-17,20H,2-5,8-11,14-15H2,1H3. The van der Waals surface area contributed by atoms with Gasteiger partial charge in [-0.25, -0.2) is 13.1 Å². The van der Waals surface area contributed by atoms with Crippen molar-refractivity contribution in [2.24, 2.45) is 0 Å². The van der Waals surface area contributed by atoms with Crippen LogP contribution in [0.3, 0.4) is 0 Å². The van der Waals surface area contributed by atoms with Crippen LogP contribution in [0.1, 0.15) is 51.4 Å². The van der Waals surface area contributed by atoms with E-state index in [1.54, 1.807) is 24.3 Å². The second-order valence-electron chi connectivity index (χ2n) is 7.25. The second kappa shape index (κ2) is 8.52. The van der Waals surface area contributed by atoms with Crippen LogP contribution >= 0.6 is 0 Å². The molecule has 1 heterocycles. The van der Waals surface area contributed by atoms with E-state index < -0.39 is 10.0 Å². The molecule has 1 aliphatic heterocycles. The Morgan fingerprint density at radius 3 is 2.48 bits per heavy atom. The summed E-state index contributed by atoms with van der Waals surface area (Å²) in [5, 5.41) is 0. The Labute approximate surface area is 151 Å². The van der Waals surface area contributed by atoms with Crippen LogP contribution in [0, 0.1) is 0 Å². The Hall–Kier alpha value is -1.11. The van der Waals surface area contributed by atoms with Gasteiger partial charge < -0.3 is 4.74 Å². The zero-order valence-electron chi connectivity index (χ0n) is 15.1. The molecule has 1 unspecified atom stereocenters. The molecule has 0 aromatic heterocycles. The van der Waals surface area contributed by atoms with E-state index in [0.717, 1.165) is 25.9 Å². The minimum Gasteiger partial charge on any atom is -0.495 e. The summed E-state index contributed by atoms with van der Waals surface area (Å²) < 4.78 is 33.8. The van der Waals surface area contributed by atoms with Crippen LogP contribution in [-0.4, -0.2) is 45.6 Å². The van der Waals surface area contributed by atoms with Gasteiger partial charge in [-0.05, 0) is 44.4 Å². The van der Waals surface area contributed by atoms with Crippen LogP contribution in [0.15, 0.2) is 29.2 Å². The smallest absolute Gasteiger partial charge is 0.244 e. The molecule has 3 rings (SSSR count). The third-order valence-electron chi connectivity index (χ3n) is 5.47. The molecule has 5 nitrogen and oxygen atoms in total. The fourth-order valence-corrected chi connectivity index (χ4v) is 5.61. The highest BCUT2D eigenvalue weighted by Crippen LogP contribution is 2.27. The van der Waals surface area contributed by atoms with E-state index >= 15 is 0 Å². The number of rotatable bonds is 5. The van der Waals surface area contributed by atoms with E-state index in [2.05, 4.69) is 9.62 Å². The van der Waals surface area contributed by atoms with Gasteiger partial charge in [-0.3, -0.25) is 4.90 Å². The Morgan fingerprint density at radius 2 is 1.76 bits per heavy atom. The number of sulfonamides is 1. The Balaban J connectivity index is 1.67. The van der Waals surface area contributed by atoms with Crippen molar-refractivity contribution in [3.8, 4) is 5.75 Å². The molecule has 6 heteroatoms. The van der Waals surface area contributed by atoms with Gasteiger partial charge in [-0.1, -0.05) is 37.8 Å². The minimum absolute atomic E-state index is 0.0214. The minimum atomic E-state index is -3.57. The van der Waals surface area contributed by atoms with Crippen molar-refractivity contribution in [3.63, 3.8) is 0 Å². The van der Waals surface area contributed by atoms with Crippen molar-refractivity contribution >= 4 is 10.0 Å². The average molecular weight is 367 g/mol. The first-order chi connectivity index (χ1) is 12.1. The summed E-state index contributed by atoms with van der Waals surface area (Å²) in [6.07, 6.45) is 9.76. The van der Waals surface area contributed by atoms with Crippen molar-refractivity contribution in [1.82, 2.24) is 9.62 Å². The van der Waals surface area contributed by atoms with E-state index in [-0.39, 0.29) is 10.9 Å². The number of nitrogens with one attached hydrogen (secondary N) is 1. The van der Waals surface area contributed by atoms with Crippen LogP contribution in [0.25, 0.3) is 0 Å². The van der Waals surface area contributed by atoms with E-state index in [4.69, 9.17) is 4.74 Å². The molecule has 25 heavy (non-hydrogen) atoms. The lowest BCUT2D eigenvalue weighted by molar-refractivity contribution is 0.132. The Bertz CT molecular complexity index is 654. The molecule has 1 aromatic rings. The summed E-state index contributed by atoms with van der Waals surface area (Å²) in [5.74, 6) is 0.395. The van der Waals surface area contributed by atoms with Gasteiger partial charge in [0.05, 0.1) is 7.11 Å². The largest absolute Gasteiger partial charge is 0.495 e. The molecule has 1 aliphatic carbocycles. The number of benzene rings is 1. The number of para-hydroxylation sites is 1. The highest BCUT2D eigenvalue weighted by atomic mass is 32.2. The monoisotopic (exact) mass is 366 g/mol. The summed E-state index contributed by atoms with van der Waals surface area (Å²) in [6, 6.07) is 7.41. The number of hydrogen-bond donors (Lipinski definition) is 1. The zero-order chi connectivity index (χ0) is 17.7. The van der Waals surface area contributed by atoms with E-state index in [1.165, 1.54) is 45.6 Å². The maximum absolute atomic E-state index is 12.8. The number of hydrogen-bond acceptors (Lipinski definition) is 4. The predicted octanol–water partition coefficient (Wildman–Crippen LogP) is 3.16. The zero-order valence-corrected chi connectivity index (χ0v) is 15.9. The quantitative estimate of drug-likeness (QED) is 0.813. The molecule has 1 atom stereocenters. The van der Waals surface area contributed by atoms with Gasteiger partial charge in [0.25, 0.3) is 0 Å². The highest BCUT2D eigenvalue weighted by molar-refractivity contribution is 7.89. The summed E-state index contributed by atoms with van der Waals surface area (Å²) in [6.45, 7) is 1.91. The van der Waals surface area contributed by atoms with Gasteiger partial charge in [0.2, 0.25) is 10.0 Å². The maximum Gasteiger partial charge on any atom is 0.244 e. The normalized spacial score (nSPS) is 24.0. The van der Waals surface area contributed by atoms with E-state index in [9.17, 15) is 8.42 Å². The van der Waals surface area contributed by atoms with E-state index in [0.29, 0.717) is 11.8 Å². The van der Waals surface area contributed by atoms with Crippen LogP contribution in [-0.2, 0) is 10.0 Å². The van der Waals surface area contributed by atoms with Gasteiger partial charge in [-0.2, -0.15) is 0 Å². The molecule has 0 amide bonds. The molecule has 1 N–H and O–H groups in total. The van der Waals surface area contributed by atoms with Crippen LogP contribution in [0.2, 0.25) is 0 Å². The molecule has 1 aromatic carbocycles. The van der Waals surface area contributed by atoms with Crippen LogP contribution in [0.5, 0.6) is 5.75 Å². The molecule has 140 valence electrons. The van der Waals surface area contributed by atoms with Gasteiger partial charge in [0.15, 0.2) is 0 Å². The topological polar surface area (TPSA) is 58.6 Å². The lowest BCUT2D eigenvalue weighted by atomic mass is 10.0. The van der Waals surface area contributed by atoms with Crippen molar-refractivity contribution < 1.29 is 13.2 Å². The summed E-state index contributed by atoms with van der Waals surface area (Å²) in [7, 11) is -2.06. The molecule has 2 fully saturated rings. The Kier molecular flexibility index (Phi) is 6.36. The molecular weight excluding hydrogens is 336 g/mol. The fraction of sp³-hybridized carbons (Fsp3) is 0.684. The SMILES string of the molecule is COc1ccccc1S(=O)(=O)NC1CCCN(C2CCCCCC2)C1. The van der Waals surface area contributed by atoms with Gasteiger partial charge in [-0.15, -0.1) is 0 Å². The lowest BCUT2D eigenvalue weighted by Gasteiger charge is -2.38. The first-order valence-corrected chi connectivity index (χ1v) is 11.0. The molecular formula is C19H30N2O3S. The van der Waals surface area contributed by atoms with Crippen molar-refractivity contribution in [2.45, 2.75) is 68.3 Å². The summed E-state index contributed by atoms with van der Waals surface area (Å²) in [5.41, 5.74) is 0. The number of methoxy groups -OCH3 is 1. The third-order valence-corrected chi connectivity index (χ3v) is 7.03. The third kappa shape index (κ3) is 4.74. The Morgan fingerprint density at radius 1 is 1.04 bits per heavy atom. The molecule has 0 radical (unpaired) electrons. The maximum atomic E-state index is 12.8. The second-order valence-corrected chi connectivity index (χ2v) is 8.93. The first-order valence-electron chi connectivity index (χ1n) is 9.49. The number of ether oxygens (including phenoxy) is 1. The van der Waals surface area contributed by atoms with Gasteiger partial charge in [0.1, 0.15) is 10.6 Å². The van der Waals surface area contributed by atoms with Gasteiger partial charge in [0, 0.05) is 18.6 Å². The number of likely N-dealkylation sites (tertiary alicyclic amines) is 1. The molecule has 1 saturated carbocycles. The van der Waals surface area contributed by atoms with Crippen molar-refractivity contribution in [3.05, 3.63) is 24.3 Å². The van der Waals surface area contributed by atoms with Crippen LogP contribution in [0.4, 0.5) is 0 Å². The number of nitrogens with zero attached hydrogens (tertiary/aromatic N) is 1. The average Bonchev–Trinajstić information content (AvgIpc) is 2.91. The van der Waals surface area contributed by atoms with Crippen molar-refractivity contribution in [2.75, 3.05) is 20.2 Å². The van der Waals surface area contributed by atoms with Crippen LogP contribution < -0.4 is 9.46 Å². The summed E-state index contributed by atoms with van der Waals surface area (Å²) in [4.78, 5) is 2.74. The van der Waals surface area contributed by atoms with E-state index in [1.807, 2.05) is 0 Å². The molecule has 2 aliphatic rings. The first kappa shape index (κ1) is 18.7. The lowest BCUT2D eigenvalue weighted by Crippen LogP contribution is -2.50.